The predicted octanol–water partition coefficient (Wildman–Crippen LogP) is 2.06. The van der Waals surface area contributed by atoms with Crippen molar-refractivity contribution in [3.8, 4) is 16.5 Å². The van der Waals surface area contributed by atoms with Crippen molar-refractivity contribution in [3.05, 3.63) is 30.5 Å². The molecule has 0 aliphatic carbocycles. The number of benzene rings is 1. The van der Waals surface area contributed by atoms with E-state index in [1.54, 1.807) is 24.4 Å². The van der Waals surface area contributed by atoms with E-state index in [1.165, 1.54) is 11.5 Å². The van der Waals surface area contributed by atoms with Crippen LogP contribution >= 0.6 is 11.5 Å². The van der Waals surface area contributed by atoms with Crippen LogP contribution in [-0.2, 0) is 4.79 Å². The van der Waals surface area contributed by atoms with Crippen LogP contribution in [0.5, 0.6) is 0 Å². The molecule has 0 unspecified atom stereocenters. The first-order valence-electron chi connectivity index (χ1n) is 4.84. The molecule has 2 aromatic rings. The lowest BCUT2D eigenvalue weighted by Gasteiger charge is -2.03. The van der Waals surface area contributed by atoms with E-state index in [-0.39, 0.29) is 12.3 Å². The average Bonchev–Trinajstić information content (AvgIpc) is 2.84. The monoisotopic (exact) mass is 244 g/mol. The Morgan fingerprint density at radius 3 is 2.76 bits per heavy atom. The molecule has 0 saturated heterocycles. The van der Waals surface area contributed by atoms with Crippen molar-refractivity contribution in [2.45, 2.75) is 6.42 Å². The van der Waals surface area contributed by atoms with Crippen LogP contribution in [0.15, 0.2) is 30.5 Å². The van der Waals surface area contributed by atoms with Gasteiger partial charge in [-0.05, 0) is 29.2 Å². The first kappa shape index (κ1) is 11.2. The highest BCUT2D eigenvalue weighted by Gasteiger charge is 2.03. The van der Waals surface area contributed by atoms with Crippen molar-refractivity contribution in [2.75, 3.05) is 5.32 Å². The highest BCUT2D eigenvalue weighted by molar-refractivity contribution is 7.09. The summed E-state index contributed by atoms with van der Waals surface area (Å²) < 4.78 is 3.78. The molecule has 0 saturated carbocycles. The van der Waals surface area contributed by atoms with Crippen LogP contribution < -0.4 is 5.32 Å². The van der Waals surface area contributed by atoms with Gasteiger partial charge in [0, 0.05) is 5.69 Å². The number of hydrogen-bond acceptors (Lipinski definition) is 5. The minimum absolute atomic E-state index is 0.138. The minimum Gasteiger partial charge on any atom is -0.325 e. The molecular weight excluding hydrogens is 236 g/mol. The largest absolute Gasteiger partial charge is 0.325 e. The zero-order chi connectivity index (χ0) is 12.1. The Morgan fingerprint density at radius 2 is 2.18 bits per heavy atom. The number of anilines is 1. The first-order valence-corrected chi connectivity index (χ1v) is 5.61. The van der Waals surface area contributed by atoms with Gasteiger partial charge in [-0.1, -0.05) is 16.6 Å². The summed E-state index contributed by atoms with van der Waals surface area (Å²) in [6, 6.07) is 9.10. The van der Waals surface area contributed by atoms with Crippen molar-refractivity contribution in [2.24, 2.45) is 0 Å². The highest BCUT2D eigenvalue weighted by atomic mass is 32.1. The van der Waals surface area contributed by atoms with E-state index in [0.29, 0.717) is 5.69 Å². The fraction of sp³-hybridized carbons (Fsp3) is 0.0909. The maximum absolute atomic E-state index is 11.2. The molecule has 0 spiro atoms. The third-order valence-electron chi connectivity index (χ3n) is 2.05. The van der Waals surface area contributed by atoms with E-state index in [9.17, 15) is 4.79 Å². The summed E-state index contributed by atoms with van der Waals surface area (Å²) in [5, 5.41) is 14.7. The summed E-state index contributed by atoms with van der Waals surface area (Å²) in [7, 11) is 0. The van der Waals surface area contributed by atoms with Crippen molar-refractivity contribution in [1.29, 1.82) is 5.26 Å². The van der Waals surface area contributed by atoms with Crippen LogP contribution in [0, 0.1) is 11.3 Å². The number of hydrogen-bond donors (Lipinski definition) is 1. The maximum Gasteiger partial charge on any atom is 0.238 e. The molecule has 6 heteroatoms. The van der Waals surface area contributed by atoms with Crippen LogP contribution in [-0.4, -0.2) is 15.5 Å². The molecule has 1 amide bonds. The van der Waals surface area contributed by atoms with Gasteiger partial charge in [-0.3, -0.25) is 4.79 Å². The maximum atomic E-state index is 11.2. The summed E-state index contributed by atoms with van der Waals surface area (Å²) >= 11 is 1.31. The standard InChI is InChI=1S/C11H8N4OS/c12-6-5-11(16)14-9-3-1-8(2-4-9)10-7-13-15-17-10/h1-4,7H,5H2,(H,14,16). The average molecular weight is 244 g/mol. The molecular formula is C11H8N4OS. The van der Waals surface area contributed by atoms with Crippen molar-refractivity contribution in [3.63, 3.8) is 0 Å². The van der Waals surface area contributed by atoms with Gasteiger partial charge in [0.1, 0.15) is 6.42 Å². The molecule has 0 aliphatic rings. The lowest BCUT2D eigenvalue weighted by molar-refractivity contribution is -0.115. The van der Waals surface area contributed by atoms with Gasteiger partial charge in [0.25, 0.3) is 0 Å². The topological polar surface area (TPSA) is 78.7 Å². The molecule has 5 nitrogen and oxygen atoms in total. The molecule has 1 heterocycles. The molecule has 0 fully saturated rings. The number of rotatable bonds is 3. The molecule has 1 aromatic carbocycles. The summed E-state index contributed by atoms with van der Waals surface area (Å²) in [5.74, 6) is -0.306. The van der Waals surface area contributed by atoms with Crippen LogP contribution in [0.1, 0.15) is 6.42 Å². The Morgan fingerprint density at radius 1 is 1.41 bits per heavy atom. The number of carbonyl (C=O) groups is 1. The van der Waals surface area contributed by atoms with Crippen LogP contribution in [0.2, 0.25) is 0 Å². The van der Waals surface area contributed by atoms with Gasteiger partial charge in [0.2, 0.25) is 5.91 Å². The Kier molecular flexibility index (Phi) is 3.43. The van der Waals surface area contributed by atoms with Crippen molar-refractivity contribution < 1.29 is 4.79 Å². The zero-order valence-corrected chi connectivity index (χ0v) is 9.57. The smallest absolute Gasteiger partial charge is 0.238 e. The van der Waals surface area contributed by atoms with E-state index in [1.807, 2.05) is 12.1 Å². The number of aromatic nitrogens is 2. The van der Waals surface area contributed by atoms with Crippen molar-refractivity contribution >= 4 is 23.1 Å². The number of nitrogens with zero attached hydrogens (tertiary/aromatic N) is 3. The second-order valence-electron chi connectivity index (χ2n) is 3.24. The number of nitriles is 1. The Balaban J connectivity index is 2.09. The lowest BCUT2D eigenvalue weighted by Crippen LogP contribution is -2.09. The van der Waals surface area contributed by atoms with Crippen molar-refractivity contribution in [1.82, 2.24) is 9.59 Å². The second-order valence-corrected chi connectivity index (χ2v) is 4.03. The van der Waals surface area contributed by atoms with E-state index in [2.05, 4.69) is 14.9 Å². The molecule has 1 aromatic heterocycles. The Hall–Kier alpha value is -2.26. The molecule has 2 rings (SSSR count). The normalized spacial score (nSPS) is 9.59. The van der Waals surface area contributed by atoms with Crippen LogP contribution in [0.4, 0.5) is 5.69 Å². The summed E-state index contributed by atoms with van der Waals surface area (Å²) in [6.07, 6.45) is 1.55. The molecule has 17 heavy (non-hydrogen) atoms. The molecule has 84 valence electrons. The quantitative estimate of drug-likeness (QED) is 0.896. The van der Waals surface area contributed by atoms with Gasteiger partial charge in [0.15, 0.2) is 0 Å². The van der Waals surface area contributed by atoms with Crippen LogP contribution in [0.25, 0.3) is 10.4 Å². The predicted molar refractivity (Wildman–Crippen MR) is 64.2 cm³/mol. The van der Waals surface area contributed by atoms with Gasteiger partial charge < -0.3 is 5.32 Å². The summed E-state index contributed by atoms with van der Waals surface area (Å²) in [5.41, 5.74) is 1.67. The highest BCUT2D eigenvalue weighted by Crippen LogP contribution is 2.23. The molecule has 0 bridgehead atoms. The zero-order valence-electron chi connectivity index (χ0n) is 8.75. The molecule has 0 atom stereocenters. The third-order valence-corrected chi connectivity index (χ3v) is 2.77. The number of amides is 1. The fourth-order valence-corrected chi connectivity index (χ4v) is 1.81. The Labute approximate surface area is 102 Å². The van der Waals surface area contributed by atoms with Gasteiger partial charge >= 0.3 is 0 Å². The third kappa shape index (κ3) is 2.86. The molecule has 1 N–H and O–H groups in total. The summed E-state index contributed by atoms with van der Waals surface area (Å²) in [6.45, 7) is 0. The van der Waals surface area contributed by atoms with Gasteiger partial charge in [0.05, 0.1) is 17.1 Å². The van der Waals surface area contributed by atoms with Gasteiger partial charge in [-0.15, -0.1) is 5.10 Å². The number of nitrogens with one attached hydrogen (secondary N) is 1. The summed E-state index contributed by atoms with van der Waals surface area (Å²) in [4.78, 5) is 12.1. The fourth-order valence-electron chi connectivity index (χ4n) is 1.29. The van der Waals surface area contributed by atoms with Gasteiger partial charge in [-0.25, -0.2) is 0 Å². The van der Waals surface area contributed by atoms with E-state index < -0.39 is 0 Å². The minimum atomic E-state index is -0.306. The molecule has 0 aliphatic heterocycles. The molecule has 0 radical (unpaired) electrons. The SMILES string of the molecule is N#CCC(=O)Nc1ccc(-c2cnns2)cc1. The second kappa shape index (κ2) is 5.18. The Bertz CT molecular complexity index is 542. The van der Waals surface area contributed by atoms with E-state index in [4.69, 9.17) is 5.26 Å². The van der Waals surface area contributed by atoms with Crippen LogP contribution in [0.3, 0.4) is 0 Å². The van der Waals surface area contributed by atoms with E-state index >= 15 is 0 Å². The van der Waals surface area contributed by atoms with Gasteiger partial charge in [-0.2, -0.15) is 5.26 Å². The number of carbonyl (C=O) groups excluding carboxylic acids is 1. The van der Waals surface area contributed by atoms with E-state index in [0.717, 1.165) is 10.4 Å². The lowest BCUT2D eigenvalue weighted by atomic mass is 10.2. The first-order chi connectivity index (χ1) is 8.29.